The first-order valence-electron chi connectivity index (χ1n) is 10.3. The van der Waals surface area contributed by atoms with Crippen LogP contribution in [0.25, 0.3) is 0 Å². The van der Waals surface area contributed by atoms with Crippen LogP contribution >= 0.6 is 0 Å². The molecule has 11 atom stereocenters. The van der Waals surface area contributed by atoms with Crippen LogP contribution in [0.4, 0.5) is 0 Å². The molecule has 2 aliphatic carbocycles. The van der Waals surface area contributed by atoms with Gasteiger partial charge < -0.3 is 34.6 Å². The summed E-state index contributed by atoms with van der Waals surface area (Å²) in [7, 11) is 0. The predicted molar refractivity (Wildman–Crippen MR) is 100 cm³/mol. The lowest BCUT2D eigenvalue weighted by Gasteiger charge is -2.42. The number of aliphatic hydroxyl groups excluding tert-OH is 4. The molecule has 0 amide bonds. The molecule has 0 radical (unpaired) electrons. The molecular formula is C21H30O8. The van der Waals surface area contributed by atoms with Gasteiger partial charge >= 0.3 is 5.97 Å². The van der Waals surface area contributed by atoms with E-state index < -0.39 is 49.3 Å². The van der Waals surface area contributed by atoms with E-state index in [1.165, 1.54) is 0 Å². The lowest BCUT2D eigenvalue weighted by molar-refractivity contribution is -0.316. The minimum Gasteiger partial charge on any atom is -0.461 e. The molecule has 0 spiro atoms. The average molecular weight is 410 g/mol. The second kappa shape index (κ2) is 7.76. The quantitative estimate of drug-likeness (QED) is 0.375. The van der Waals surface area contributed by atoms with Crippen molar-refractivity contribution in [2.75, 3.05) is 6.61 Å². The molecule has 11 unspecified atom stereocenters. The number of esters is 1. The number of hydrogen-bond acceptors (Lipinski definition) is 8. The molecule has 2 saturated carbocycles. The van der Waals surface area contributed by atoms with Gasteiger partial charge in [-0.1, -0.05) is 31.2 Å². The van der Waals surface area contributed by atoms with Crippen molar-refractivity contribution in [3.05, 3.63) is 24.3 Å². The Morgan fingerprint density at radius 2 is 1.86 bits per heavy atom. The third kappa shape index (κ3) is 3.36. The largest absolute Gasteiger partial charge is 0.461 e. The summed E-state index contributed by atoms with van der Waals surface area (Å²) in [5.41, 5.74) is 2.04. The second-order valence-corrected chi connectivity index (χ2v) is 8.83. The zero-order valence-corrected chi connectivity index (χ0v) is 16.5. The summed E-state index contributed by atoms with van der Waals surface area (Å²) in [5, 5.41) is 39.9. The minimum atomic E-state index is -1.52. The fourth-order valence-corrected chi connectivity index (χ4v) is 5.54. The Kier molecular flexibility index (Phi) is 5.61. The van der Waals surface area contributed by atoms with Gasteiger partial charge in [-0.05, 0) is 25.2 Å². The van der Waals surface area contributed by atoms with Gasteiger partial charge in [0.2, 0.25) is 0 Å². The number of carbonyl (C=O) groups is 1. The average Bonchev–Trinajstić information content (AvgIpc) is 3.17. The highest BCUT2D eigenvalue weighted by Gasteiger charge is 2.57. The minimum absolute atomic E-state index is 0.00444. The molecule has 29 heavy (non-hydrogen) atoms. The van der Waals surface area contributed by atoms with Crippen LogP contribution in [0.3, 0.4) is 0 Å². The van der Waals surface area contributed by atoms with Crippen molar-refractivity contribution in [2.45, 2.75) is 69.1 Å². The first-order valence-corrected chi connectivity index (χ1v) is 10.3. The molecule has 0 aromatic heterocycles. The highest BCUT2D eigenvalue weighted by molar-refractivity contribution is 5.75. The molecule has 4 fully saturated rings. The van der Waals surface area contributed by atoms with Gasteiger partial charge in [-0.15, -0.1) is 0 Å². The Bertz CT molecular complexity index is 690. The molecule has 0 bridgehead atoms. The first kappa shape index (κ1) is 21.0. The normalized spacial score (nSPS) is 50.1. The molecule has 2 aliphatic heterocycles. The standard InChI is InChI=1S/C21H30O8/c1-8-4-5-11-9(2)6-12(15-10(3)20(26)29-19(15)14(8)11)27-21-18(25)17(24)16(23)13(7-22)28-21/h10-19,21-25H,1-2,4-7H2,3H3. The topological polar surface area (TPSA) is 126 Å². The lowest BCUT2D eigenvalue weighted by atomic mass is 9.79. The zero-order chi connectivity index (χ0) is 21.0. The third-order valence-corrected chi connectivity index (χ3v) is 7.19. The molecule has 0 aromatic rings. The Morgan fingerprint density at radius 3 is 2.55 bits per heavy atom. The molecular weight excluding hydrogens is 380 g/mol. The second-order valence-electron chi connectivity index (χ2n) is 8.83. The number of aliphatic hydroxyl groups is 4. The smallest absolute Gasteiger partial charge is 0.309 e. The summed E-state index contributed by atoms with van der Waals surface area (Å²) in [6.45, 7) is 9.71. The van der Waals surface area contributed by atoms with E-state index in [2.05, 4.69) is 13.2 Å². The molecule has 2 heterocycles. The molecule has 162 valence electrons. The fourth-order valence-electron chi connectivity index (χ4n) is 5.54. The van der Waals surface area contributed by atoms with E-state index in [0.29, 0.717) is 6.42 Å². The first-order chi connectivity index (χ1) is 13.7. The van der Waals surface area contributed by atoms with Crippen LogP contribution < -0.4 is 0 Å². The molecule has 8 nitrogen and oxygen atoms in total. The van der Waals surface area contributed by atoms with Crippen molar-refractivity contribution in [1.29, 1.82) is 0 Å². The van der Waals surface area contributed by atoms with Crippen molar-refractivity contribution in [3.8, 4) is 0 Å². The van der Waals surface area contributed by atoms with E-state index in [4.69, 9.17) is 14.2 Å². The number of ether oxygens (including phenoxy) is 3. The van der Waals surface area contributed by atoms with Crippen molar-refractivity contribution >= 4 is 5.97 Å². The van der Waals surface area contributed by atoms with Gasteiger partial charge in [0.1, 0.15) is 30.5 Å². The molecule has 4 rings (SSSR count). The fraction of sp³-hybridized carbons (Fsp3) is 0.762. The van der Waals surface area contributed by atoms with Gasteiger partial charge in [-0.3, -0.25) is 4.79 Å². The van der Waals surface area contributed by atoms with Gasteiger partial charge in [0.05, 0.1) is 18.6 Å². The van der Waals surface area contributed by atoms with Crippen LogP contribution in [0.15, 0.2) is 24.3 Å². The van der Waals surface area contributed by atoms with Crippen molar-refractivity contribution in [2.24, 2.45) is 23.7 Å². The summed E-state index contributed by atoms with van der Waals surface area (Å²) < 4.78 is 17.4. The summed E-state index contributed by atoms with van der Waals surface area (Å²) >= 11 is 0. The summed E-state index contributed by atoms with van der Waals surface area (Å²) in [6.07, 6.45) is -5.45. The predicted octanol–water partition coefficient (Wildman–Crippen LogP) is -0.109. The SMILES string of the molecule is C=C1CC(OC2OC(CO)C(O)C(O)C2O)C2C(C)C(=O)OC2C2C(=C)CCC12. The van der Waals surface area contributed by atoms with E-state index >= 15 is 0 Å². The Hall–Kier alpha value is -1.29. The van der Waals surface area contributed by atoms with Crippen molar-refractivity contribution < 1.29 is 39.4 Å². The number of fused-ring (bicyclic) bond motifs is 3. The number of rotatable bonds is 3. The van der Waals surface area contributed by atoms with Crippen LogP contribution in [0.2, 0.25) is 0 Å². The summed E-state index contributed by atoms with van der Waals surface area (Å²) in [5.74, 6) is -0.805. The van der Waals surface area contributed by atoms with Crippen molar-refractivity contribution in [3.63, 3.8) is 0 Å². The van der Waals surface area contributed by atoms with E-state index in [1.54, 1.807) is 6.92 Å². The Labute approximate surface area is 169 Å². The van der Waals surface area contributed by atoms with E-state index in [9.17, 15) is 25.2 Å². The molecule has 8 heteroatoms. The maximum Gasteiger partial charge on any atom is 0.309 e. The van der Waals surface area contributed by atoms with Gasteiger partial charge in [-0.2, -0.15) is 0 Å². The summed E-state index contributed by atoms with van der Waals surface area (Å²) in [4.78, 5) is 12.4. The number of hydrogen-bond donors (Lipinski definition) is 4. The van der Waals surface area contributed by atoms with E-state index in [0.717, 1.165) is 24.0 Å². The van der Waals surface area contributed by atoms with Gasteiger partial charge in [-0.25, -0.2) is 0 Å². The van der Waals surface area contributed by atoms with Crippen LogP contribution in [0.5, 0.6) is 0 Å². The van der Waals surface area contributed by atoms with Crippen LogP contribution in [-0.4, -0.2) is 75.9 Å². The van der Waals surface area contributed by atoms with Gasteiger partial charge in [0.15, 0.2) is 6.29 Å². The summed E-state index contributed by atoms with van der Waals surface area (Å²) in [6, 6.07) is 0. The maximum atomic E-state index is 12.4. The lowest BCUT2D eigenvalue weighted by Crippen LogP contribution is -2.60. The highest BCUT2D eigenvalue weighted by atomic mass is 16.7. The maximum absolute atomic E-state index is 12.4. The molecule has 2 saturated heterocycles. The van der Waals surface area contributed by atoms with Crippen LogP contribution in [0, 0.1) is 23.7 Å². The monoisotopic (exact) mass is 410 g/mol. The molecule has 0 aromatic carbocycles. The molecule has 4 N–H and O–H groups in total. The van der Waals surface area contributed by atoms with Crippen molar-refractivity contribution in [1.82, 2.24) is 0 Å². The van der Waals surface area contributed by atoms with Gasteiger partial charge in [0.25, 0.3) is 0 Å². The van der Waals surface area contributed by atoms with Gasteiger partial charge in [0, 0.05) is 11.8 Å². The van der Waals surface area contributed by atoms with E-state index in [-0.39, 0.29) is 29.8 Å². The zero-order valence-electron chi connectivity index (χ0n) is 16.5. The Morgan fingerprint density at radius 1 is 1.14 bits per heavy atom. The van der Waals surface area contributed by atoms with Crippen LogP contribution in [0.1, 0.15) is 26.2 Å². The highest BCUT2D eigenvalue weighted by Crippen LogP contribution is 2.53. The molecule has 4 aliphatic rings. The van der Waals surface area contributed by atoms with E-state index in [1.807, 2.05) is 0 Å². The Balaban J connectivity index is 1.62. The number of carbonyl (C=O) groups excluding carboxylic acids is 1. The van der Waals surface area contributed by atoms with Crippen LogP contribution in [-0.2, 0) is 19.0 Å². The third-order valence-electron chi connectivity index (χ3n) is 7.19.